The smallest absolute Gasteiger partial charge is 0.165 e. The molecule has 1 aromatic rings. The van der Waals surface area contributed by atoms with E-state index in [1.54, 1.807) is 17.8 Å². The van der Waals surface area contributed by atoms with Crippen molar-refractivity contribution in [3.63, 3.8) is 0 Å². The molecule has 2 rings (SSSR count). The first-order chi connectivity index (χ1) is 9.24. The van der Waals surface area contributed by atoms with Crippen molar-refractivity contribution in [3.05, 3.63) is 42.0 Å². The fourth-order valence-electron chi connectivity index (χ4n) is 2.41. The number of hydrogen-bond donors (Lipinski definition) is 0. The molecule has 0 spiro atoms. The molecule has 0 amide bonds. The molecule has 0 N–H and O–H groups in total. The summed E-state index contributed by atoms with van der Waals surface area (Å²) >= 11 is 1.62. The average Bonchev–Trinajstić information content (AvgIpc) is 2.45. The average molecular weight is 274 g/mol. The molecule has 1 saturated carbocycles. The maximum absolute atomic E-state index is 11.8. The van der Waals surface area contributed by atoms with Crippen molar-refractivity contribution in [2.75, 3.05) is 5.75 Å². The van der Waals surface area contributed by atoms with Gasteiger partial charge in [-0.3, -0.25) is 4.79 Å². The topological polar surface area (TPSA) is 17.1 Å². The second kappa shape index (κ2) is 7.54. The fraction of sp³-hybridized carbons (Fsp3) is 0.471. The van der Waals surface area contributed by atoms with Crippen LogP contribution in [-0.2, 0) is 4.79 Å². The minimum atomic E-state index is 0.233. The Morgan fingerprint density at radius 3 is 2.58 bits per heavy atom. The summed E-state index contributed by atoms with van der Waals surface area (Å²) in [6.45, 7) is 2.08. The minimum Gasteiger partial charge on any atom is -0.294 e. The van der Waals surface area contributed by atoms with Gasteiger partial charge >= 0.3 is 0 Å². The highest BCUT2D eigenvalue weighted by Crippen LogP contribution is 2.24. The standard InChI is InChI=1S/C17H22OS/c1-14-7-11-17(12-8-14)19-13-16(18)10-9-15-5-3-2-4-6-15/h7-12,15H,2-6,13H2,1H3/b10-9+. The molecule has 0 radical (unpaired) electrons. The summed E-state index contributed by atoms with van der Waals surface area (Å²) in [6, 6.07) is 8.34. The summed E-state index contributed by atoms with van der Waals surface area (Å²) in [5.41, 5.74) is 1.26. The van der Waals surface area contributed by atoms with Gasteiger partial charge in [0.2, 0.25) is 0 Å². The molecule has 1 aliphatic rings. The molecular formula is C17H22OS. The largest absolute Gasteiger partial charge is 0.294 e. The van der Waals surface area contributed by atoms with Crippen LogP contribution in [0, 0.1) is 12.8 Å². The highest BCUT2D eigenvalue weighted by molar-refractivity contribution is 8.00. The van der Waals surface area contributed by atoms with Gasteiger partial charge in [-0.05, 0) is 43.9 Å². The minimum absolute atomic E-state index is 0.233. The molecule has 102 valence electrons. The second-order valence-electron chi connectivity index (χ2n) is 5.33. The number of carbonyl (C=O) groups is 1. The zero-order valence-corrected chi connectivity index (χ0v) is 12.4. The Kier molecular flexibility index (Phi) is 5.71. The van der Waals surface area contributed by atoms with Crippen LogP contribution in [0.1, 0.15) is 37.7 Å². The molecule has 1 fully saturated rings. The van der Waals surface area contributed by atoms with Gasteiger partial charge in [-0.25, -0.2) is 0 Å². The summed E-state index contributed by atoms with van der Waals surface area (Å²) in [4.78, 5) is 13.0. The van der Waals surface area contributed by atoms with E-state index in [-0.39, 0.29) is 5.78 Å². The predicted octanol–water partition coefficient (Wildman–Crippen LogP) is 4.79. The Morgan fingerprint density at radius 2 is 1.89 bits per heavy atom. The molecule has 0 bridgehead atoms. The summed E-state index contributed by atoms with van der Waals surface area (Å²) < 4.78 is 0. The number of allylic oxidation sites excluding steroid dienone is 2. The molecule has 19 heavy (non-hydrogen) atoms. The van der Waals surface area contributed by atoms with Crippen molar-refractivity contribution in [3.8, 4) is 0 Å². The van der Waals surface area contributed by atoms with E-state index in [1.807, 2.05) is 0 Å². The SMILES string of the molecule is Cc1ccc(SCC(=O)/C=C/C2CCCCC2)cc1. The van der Waals surface area contributed by atoms with Crippen molar-refractivity contribution in [2.45, 2.75) is 43.9 Å². The number of rotatable bonds is 5. The van der Waals surface area contributed by atoms with E-state index in [0.29, 0.717) is 11.7 Å². The van der Waals surface area contributed by atoms with Gasteiger partial charge in [0, 0.05) is 4.90 Å². The number of thioether (sulfide) groups is 1. The van der Waals surface area contributed by atoms with Gasteiger partial charge in [-0.1, -0.05) is 43.0 Å². The van der Waals surface area contributed by atoms with Crippen LogP contribution in [0.15, 0.2) is 41.3 Å². The van der Waals surface area contributed by atoms with Gasteiger partial charge in [0.15, 0.2) is 5.78 Å². The lowest BCUT2D eigenvalue weighted by molar-refractivity contribution is -0.112. The summed E-state index contributed by atoms with van der Waals surface area (Å²) in [5.74, 6) is 1.42. The van der Waals surface area contributed by atoms with Crippen LogP contribution in [-0.4, -0.2) is 11.5 Å². The maximum Gasteiger partial charge on any atom is 0.165 e. The summed E-state index contributed by atoms with van der Waals surface area (Å²) in [5, 5.41) is 0. The number of aryl methyl sites for hydroxylation is 1. The first-order valence-electron chi connectivity index (χ1n) is 7.14. The van der Waals surface area contributed by atoms with Crippen LogP contribution in [0.5, 0.6) is 0 Å². The normalized spacial score (nSPS) is 16.9. The maximum atomic E-state index is 11.8. The molecule has 2 heteroatoms. The Hall–Kier alpha value is -1.02. The molecule has 0 heterocycles. The quantitative estimate of drug-likeness (QED) is 0.567. The molecule has 0 saturated heterocycles. The van der Waals surface area contributed by atoms with Crippen molar-refractivity contribution in [1.29, 1.82) is 0 Å². The Labute approximate surface area is 120 Å². The van der Waals surface area contributed by atoms with Gasteiger partial charge < -0.3 is 0 Å². The summed E-state index contributed by atoms with van der Waals surface area (Å²) in [6.07, 6.45) is 10.5. The first kappa shape index (κ1) is 14.4. The van der Waals surface area contributed by atoms with E-state index in [1.165, 1.54) is 42.6 Å². The highest BCUT2D eigenvalue weighted by atomic mass is 32.2. The van der Waals surface area contributed by atoms with E-state index in [2.05, 4.69) is 37.3 Å². The molecule has 0 aromatic heterocycles. The molecule has 0 unspecified atom stereocenters. The summed E-state index contributed by atoms with van der Waals surface area (Å²) in [7, 11) is 0. The van der Waals surface area contributed by atoms with Crippen LogP contribution < -0.4 is 0 Å². The Bertz CT molecular complexity index is 427. The Balaban J connectivity index is 1.74. The van der Waals surface area contributed by atoms with E-state index in [9.17, 15) is 4.79 Å². The molecule has 1 nitrogen and oxygen atoms in total. The molecule has 1 aliphatic carbocycles. The second-order valence-corrected chi connectivity index (χ2v) is 6.37. The number of carbonyl (C=O) groups excluding carboxylic acids is 1. The van der Waals surface area contributed by atoms with Crippen molar-refractivity contribution in [1.82, 2.24) is 0 Å². The third kappa shape index (κ3) is 5.23. The van der Waals surface area contributed by atoms with E-state index >= 15 is 0 Å². The lowest BCUT2D eigenvalue weighted by Gasteiger charge is -2.17. The van der Waals surface area contributed by atoms with Crippen molar-refractivity contribution < 1.29 is 4.79 Å². The monoisotopic (exact) mass is 274 g/mol. The van der Waals surface area contributed by atoms with Gasteiger partial charge in [0.25, 0.3) is 0 Å². The third-order valence-corrected chi connectivity index (χ3v) is 4.64. The highest BCUT2D eigenvalue weighted by Gasteiger charge is 2.10. The van der Waals surface area contributed by atoms with Gasteiger partial charge in [-0.15, -0.1) is 11.8 Å². The first-order valence-corrected chi connectivity index (χ1v) is 8.13. The van der Waals surface area contributed by atoms with Crippen LogP contribution in [0.2, 0.25) is 0 Å². The van der Waals surface area contributed by atoms with Crippen LogP contribution in [0.25, 0.3) is 0 Å². The van der Waals surface area contributed by atoms with Gasteiger partial charge in [-0.2, -0.15) is 0 Å². The molecule has 0 atom stereocenters. The molecule has 1 aromatic carbocycles. The lowest BCUT2D eigenvalue weighted by Crippen LogP contribution is -2.04. The predicted molar refractivity (Wildman–Crippen MR) is 82.6 cm³/mol. The fourth-order valence-corrected chi connectivity index (χ4v) is 3.14. The van der Waals surface area contributed by atoms with Gasteiger partial charge in [0.05, 0.1) is 5.75 Å². The Morgan fingerprint density at radius 1 is 1.21 bits per heavy atom. The van der Waals surface area contributed by atoms with E-state index in [4.69, 9.17) is 0 Å². The van der Waals surface area contributed by atoms with E-state index in [0.717, 1.165) is 0 Å². The lowest BCUT2D eigenvalue weighted by atomic mass is 9.89. The van der Waals surface area contributed by atoms with Crippen molar-refractivity contribution >= 4 is 17.5 Å². The van der Waals surface area contributed by atoms with Crippen LogP contribution in [0.3, 0.4) is 0 Å². The van der Waals surface area contributed by atoms with E-state index < -0.39 is 0 Å². The van der Waals surface area contributed by atoms with Gasteiger partial charge in [0.1, 0.15) is 0 Å². The molecule has 0 aliphatic heterocycles. The van der Waals surface area contributed by atoms with Crippen LogP contribution in [0.4, 0.5) is 0 Å². The van der Waals surface area contributed by atoms with Crippen LogP contribution >= 0.6 is 11.8 Å². The zero-order valence-electron chi connectivity index (χ0n) is 11.6. The number of benzene rings is 1. The number of hydrogen-bond acceptors (Lipinski definition) is 2. The molecular weight excluding hydrogens is 252 g/mol. The number of ketones is 1. The zero-order chi connectivity index (χ0) is 13.5. The van der Waals surface area contributed by atoms with Crippen molar-refractivity contribution in [2.24, 2.45) is 5.92 Å². The third-order valence-electron chi connectivity index (χ3n) is 3.61.